The zero-order valence-electron chi connectivity index (χ0n) is 10.7. The topological polar surface area (TPSA) is 69.7 Å². The van der Waals surface area contributed by atoms with Gasteiger partial charge in [0.15, 0.2) is 5.75 Å². The van der Waals surface area contributed by atoms with Crippen LogP contribution in [-0.4, -0.2) is 26.7 Å². The van der Waals surface area contributed by atoms with Gasteiger partial charge in [-0.1, -0.05) is 25.0 Å². The summed E-state index contributed by atoms with van der Waals surface area (Å²) in [4.78, 5) is 11.5. The van der Waals surface area contributed by atoms with Crippen molar-refractivity contribution in [2.45, 2.75) is 30.9 Å². The van der Waals surface area contributed by atoms with Crippen molar-refractivity contribution in [3.05, 3.63) is 29.8 Å². The van der Waals surface area contributed by atoms with Crippen molar-refractivity contribution in [3.63, 3.8) is 0 Å². The largest absolute Gasteiger partial charge is 0.465 e. The lowest BCUT2D eigenvalue weighted by Gasteiger charge is -2.14. The van der Waals surface area contributed by atoms with Gasteiger partial charge in [-0.05, 0) is 25.0 Å². The Hall–Kier alpha value is -1.56. The second-order valence-corrected chi connectivity index (χ2v) is 6.29. The third-order valence-corrected chi connectivity index (χ3v) is 4.91. The summed E-state index contributed by atoms with van der Waals surface area (Å²) in [5.74, 6) is -0.585. The van der Waals surface area contributed by atoms with Gasteiger partial charge in [-0.25, -0.2) is 4.79 Å². The summed E-state index contributed by atoms with van der Waals surface area (Å²) in [6.45, 7) is 0. The summed E-state index contributed by atoms with van der Waals surface area (Å²) in [5.41, 5.74) is 0.117. The lowest BCUT2D eigenvalue weighted by atomic mass is 10.2. The quantitative estimate of drug-likeness (QED) is 0.625. The zero-order chi connectivity index (χ0) is 13.9. The molecule has 0 heterocycles. The molecule has 0 amide bonds. The maximum absolute atomic E-state index is 12.1. The molecule has 5 nitrogen and oxygen atoms in total. The summed E-state index contributed by atoms with van der Waals surface area (Å²) < 4.78 is 33.9. The summed E-state index contributed by atoms with van der Waals surface area (Å²) >= 11 is 0. The van der Waals surface area contributed by atoms with E-state index in [4.69, 9.17) is 4.18 Å². The van der Waals surface area contributed by atoms with Crippen molar-refractivity contribution in [1.82, 2.24) is 0 Å². The minimum absolute atomic E-state index is 0.0289. The highest BCUT2D eigenvalue weighted by Gasteiger charge is 2.31. The van der Waals surface area contributed by atoms with Gasteiger partial charge in [0.25, 0.3) is 0 Å². The summed E-state index contributed by atoms with van der Waals surface area (Å²) in [6, 6.07) is 6.18. The molecule has 0 N–H and O–H groups in total. The van der Waals surface area contributed by atoms with Gasteiger partial charge in [0.2, 0.25) is 0 Å². The lowest BCUT2D eigenvalue weighted by Crippen LogP contribution is -2.24. The van der Waals surface area contributed by atoms with Gasteiger partial charge < -0.3 is 8.92 Å². The molecule has 0 saturated heterocycles. The summed E-state index contributed by atoms with van der Waals surface area (Å²) in [6.07, 6.45) is 3.02. The minimum Gasteiger partial charge on any atom is -0.465 e. The van der Waals surface area contributed by atoms with Gasteiger partial charge >= 0.3 is 16.1 Å². The van der Waals surface area contributed by atoms with Gasteiger partial charge in [-0.2, -0.15) is 8.42 Å². The predicted octanol–water partition coefficient (Wildman–Crippen LogP) is 2.12. The van der Waals surface area contributed by atoms with Crippen LogP contribution in [0.4, 0.5) is 0 Å². The van der Waals surface area contributed by atoms with E-state index in [-0.39, 0.29) is 11.3 Å². The molecule has 2 rings (SSSR count). The van der Waals surface area contributed by atoms with Crippen LogP contribution >= 0.6 is 0 Å². The fourth-order valence-corrected chi connectivity index (χ4v) is 3.63. The molecule has 104 valence electrons. The highest BCUT2D eigenvalue weighted by Crippen LogP contribution is 2.28. The van der Waals surface area contributed by atoms with Crippen molar-refractivity contribution in [3.8, 4) is 5.75 Å². The molecule has 0 bridgehead atoms. The number of hydrogen-bond acceptors (Lipinski definition) is 5. The maximum Gasteiger partial charge on any atom is 0.341 e. The fourth-order valence-electron chi connectivity index (χ4n) is 2.19. The number of carbonyl (C=O) groups is 1. The number of ether oxygens (including phenoxy) is 1. The molecule has 0 spiro atoms. The van der Waals surface area contributed by atoms with Crippen LogP contribution in [0, 0.1) is 0 Å². The standard InChI is InChI=1S/C13H16O5S/c1-17-13(14)11-8-4-5-9-12(11)18-19(15,16)10-6-2-3-7-10/h4-5,8-10H,2-3,6-7H2,1H3. The molecule has 0 aromatic heterocycles. The monoisotopic (exact) mass is 284 g/mol. The van der Waals surface area contributed by atoms with E-state index in [1.165, 1.54) is 19.2 Å². The number of methoxy groups -OCH3 is 1. The number of carbonyl (C=O) groups excluding carboxylic acids is 1. The molecule has 0 aliphatic heterocycles. The van der Waals surface area contributed by atoms with E-state index in [0.717, 1.165) is 12.8 Å². The van der Waals surface area contributed by atoms with E-state index in [1.807, 2.05) is 0 Å². The third kappa shape index (κ3) is 3.07. The number of benzene rings is 1. The van der Waals surface area contributed by atoms with Crippen molar-refractivity contribution >= 4 is 16.1 Å². The molecule has 1 aliphatic carbocycles. The Labute approximate surface area is 112 Å². The number of para-hydroxylation sites is 1. The first kappa shape index (κ1) is 13.9. The minimum atomic E-state index is -3.69. The van der Waals surface area contributed by atoms with Crippen LogP contribution in [0.2, 0.25) is 0 Å². The maximum atomic E-state index is 12.1. The highest BCUT2D eigenvalue weighted by molar-refractivity contribution is 7.87. The Balaban J connectivity index is 2.25. The first-order valence-electron chi connectivity index (χ1n) is 6.15. The Morgan fingerprint density at radius 3 is 2.47 bits per heavy atom. The zero-order valence-corrected chi connectivity index (χ0v) is 11.5. The van der Waals surface area contributed by atoms with E-state index in [9.17, 15) is 13.2 Å². The van der Waals surface area contributed by atoms with E-state index >= 15 is 0 Å². The number of hydrogen-bond donors (Lipinski definition) is 0. The van der Waals surface area contributed by atoms with Crippen LogP contribution in [-0.2, 0) is 14.9 Å². The Kier molecular flexibility index (Phi) is 4.09. The molecule has 6 heteroatoms. The third-order valence-electron chi connectivity index (χ3n) is 3.21. The number of rotatable bonds is 4. The lowest BCUT2D eigenvalue weighted by molar-refractivity contribution is 0.0599. The van der Waals surface area contributed by atoms with Crippen LogP contribution < -0.4 is 4.18 Å². The van der Waals surface area contributed by atoms with Gasteiger partial charge in [0.05, 0.1) is 12.4 Å². The molecule has 1 aliphatic rings. The highest BCUT2D eigenvalue weighted by atomic mass is 32.2. The smallest absolute Gasteiger partial charge is 0.341 e. The SMILES string of the molecule is COC(=O)c1ccccc1OS(=O)(=O)C1CCCC1. The molecule has 1 aromatic rings. The van der Waals surface area contributed by atoms with E-state index < -0.39 is 21.3 Å². The average molecular weight is 284 g/mol. The molecular weight excluding hydrogens is 268 g/mol. The molecule has 1 saturated carbocycles. The molecule has 0 atom stereocenters. The molecule has 0 unspecified atom stereocenters. The average Bonchev–Trinajstić information content (AvgIpc) is 2.93. The normalized spacial score (nSPS) is 16.3. The van der Waals surface area contributed by atoms with E-state index in [1.54, 1.807) is 12.1 Å². The van der Waals surface area contributed by atoms with Crippen LogP contribution in [0.5, 0.6) is 5.75 Å². The van der Waals surface area contributed by atoms with E-state index in [0.29, 0.717) is 12.8 Å². The molecule has 1 fully saturated rings. The Morgan fingerprint density at radius 1 is 1.21 bits per heavy atom. The first-order valence-corrected chi connectivity index (χ1v) is 7.62. The van der Waals surface area contributed by atoms with Crippen LogP contribution in [0.1, 0.15) is 36.0 Å². The fraction of sp³-hybridized carbons (Fsp3) is 0.462. The first-order chi connectivity index (χ1) is 9.04. The molecule has 19 heavy (non-hydrogen) atoms. The number of esters is 1. The van der Waals surface area contributed by atoms with E-state index in [2.05, 4.69) is 4.74 Å². The van der Waals surface area contributed by atoms with Crippen molar-refractivity contribution in [1.29, 1.82) is 0 Å². The van der Waals surface area contributed by atoms with Gasteiger partial charge in [0, 0.05) is 0 Å². The van der Waals surface area contributed by atoms with Gasteiger partial charge in [-0.15, -0.1) is 0 Å². The Morgan fingerprint density at radius 2 is 1.84 bits per heavy atom. The van der Waals surface area contributed by atoms with Crippen LogP contribution in [0.25, 0.3) is 0 Å². The van der Waals surface area contributed by atoms with Gasteiger partial charge in [-0.3, -0.25) is 0 Å². The van der Waals surface area contributed by atoms with Crippen LogP contribution in [0.15, 0.2) is 24.3 Å². The molecule has 0 radical (unpaired) electrons. The second kappa shape index (κ2) is 5.61. The van der Waals surface area contributed by atoms with Crippen molar-refractivity contribution < 1.29 is 22.1 Å². The van der Waals surface area contributed by atoms with Crippen LogP contribution in [0.3, 0.4) is 0 Å². The Bertz CT molecular complexity index is 558. The van der Waals surface area contributed by atoms with Gasteiger partial charge in [0.1, 0.15) is 5.56 Å². The summed E-state index contributed by atoms with van der Waals surface area (Å²) in [5, 5.41) is -0.474. The van der Waals surface area contributed by atoms with Crippen molar-refractivity contribution in [2.75, 3.05) is 7.11 Å². The molecule has 1 aromatic carbocycles. The van der Waals surface area contributed by atoms with Crippen molar-refractivity contribution in [2.24, 2.45) is 0 Å². The molecular formula is C13H16O5S. The predicted molar refractivity (Wildman–Crippen MR) is 69.6 cm³/mol. The second-order valence-electron chi connectivity index (χ2n) is 4.47. The summed E-state index contributed by atoms with van der Waals surface area (Å²) in [7, 11) is -2.44.